The predicted molar refractivity (Wildman–Crippen MR) is 91.3 cm³/mol. The lowest BCUT2D eigenvalue weighted by atomic mass is 10.0. The number of nitrogens with one attached hydrogen (secondary N) is 1. The van der Waals surface area contributed by atoms with Crippen molar-refractivity contribution in [1.82, 2.24) is 10.2 Å². The van der Waals surface area contributed by atoms with Crippen LogP contribution in [0.25, 0.3) is 0 Å². The molecule has 1 aromatic heterocycles. The summed E-state index contributed by atoms with van der Waals surface area (Å²) in [6, 6.07) is 14.7. The molecule has 3 rings (SSSR count). The molecule has 22 heavy (non-hydrogen) atoms. The first kappa shape index (κ1) is 15.3. The molecule has 0 saturated carbocycles. The van der Waals surface area contributed by atoms with E-state index in [1.807, 2.05) is 25.1 Å². The van der Waals surface area contributed by atoms with Crippen LogP contribution in [0.3, 0.4) is 0 Å². The van der Waals surface area contributed by atoms with Gasteiger partial charge >= 0.3 is 0 Å². The molecular formula is C18H22N2OS. The average molecular weight is 314 g/mol. The highest BCUT2D eigenvalue weighted by molar-refractivity contribution is 7.13. The van der Waals surface area contributed by atoms with Crippen LogP contribution in [0.15, 0.2) is 42.5 Å². The summed E-state index contributed by atoms with van der Waals surface area (Å²) in [5.41, 5.74) is 1.34. The number of benzene rings is 1. The van der Waals surface area contributed by atoms with Gasteiger partial charge in [-0.25, -0.2) is 0 Å². The molecule has 0 aliphatic carbocycles. The van der Waals surface area contributed by atoms with Gasteiger partial charge in [0.05, 0.1) is 4.88 Å². The van der Waals surface area contributed by atoms with E-state index >= 15 is 0 Å². The van der Waals surface area contributed by atoms with E-state index in [2.05, 4.69) is 34.5 Å². The van der Waals surface area contributed by atoms with Gasteiger partial charge in [-0.15, -0.1) is 11.3 Å². The van der Waals surface area contributed by atoms with Gasteiger partial charge in [-0.1, -0.05) is 30.3 Å². The predicted octanol–water partition coefficient (Wildman–Crippen LogP) is 3.45. The van der Waals surface area contributed by atoms with Gasteiger partial charge in [-0.2, -0.15) is 0 Å². The van der Waals surface area contributed by atoms with Crippen molar-refractivity contribution >= 4 is 17.2 Å². The standard InChI is InChI=1S/C18H22N2OS/c1-14-9-10-17(22-14)18(21)19-16-8-5-11-20(13-16)12-15-6-3-2-4-7-15/h2-4,6-7,9-10,16H,5,8,11-13H2,1H3,(H,19,21)/t16-/m1/s1. The van der Waals surface area contributed by atoms with E-state index in [1.165, 1.54) is 10.4 Å². The topological polar surface area (TPSA) is 32.3 Å². The Kier molecular flexibility index (Phi) is 4.90. The van der Waals surface area contributed by atoms with E-state index in [0.717, 1.165) is 37.4 Å². The van der Waals surface area contributed by atoms with Gasteiger partial charge < -0.3 is 5.32 Å². The quantitative estimate of drug-likeness (QED) is 0.937. The molecule has 2 heterocycles. The third kappa shape index (κ3) is 3.96. The molecule has 3 nitrogen and oxygen atoms in total. The van der Waals surface area contributed by atoms with Crippen LogP contribution in [0.4, 0.5) is 0 Å². The second-order valence-electron chi connectivity index (χ2n) is 5.94. The summed E-state index contributed by atoms with van der Waals surface area (Å²) in [4.78, 5) is 16.7. The third-order valence-electron chi connectivity index (χ3n) is 4.05. The fourth-order valence-electron chi connectivity index (χ4n) is 2.97. The summed E-state index contributed by atoms with van der Waals surface area (Å²) in [5.74, 6) is 0.0738. The summed E-state index contributed by atoms with van der Waals surface area (Å²) in [7, 11) is 0. The second-order valence-corrected chi connectivity index (χ2v) is 7.23. The summed E-state index contributed by atoms with van der Waals surface area (Å²) in [6.07, 6.45) is 2.21. The smallest absolute Gasteiger partial charge is 0.261 e. The van der Waals surface area contributed by atoms with E-state index in [1.54, 1.807) is 11.3 Å². The Labute approximate surface area is 136 Å². The third-order valence-corrected chi connectivity index (χ3v) is 5.05. The van der Waals surface area contributed by atoms with Gasteiger partial charge in [0.15, 0.2) is 0 Å². The minimum Gasteiger partial charge on any atom is -0.347 e. The summed E-state index contributed by atoms with van der Waals surface area (Å²) in [5, 5.41) is 3.19. The van der Waals surface area contributed by atoms with Crippen molar-refractivity contribution in [2.24, 2.45) is 0 Å². The van der Waals surface area contributed by atoms with Crippen LogP contribution in [0.2, 0.25) is 0 Å². The molecule has 1 atom stereocenters. The number of carbonyl (C=O) groups is 1. The number of hydrogen-bond acceptors (Lipinski definition) is 3. The fourth-order valence-corrected chi connectivity index (χ4v) is 3.74. The number of rotatable bonds is 4. The van der Waals surface area contributed by atoms with Gasteiger partial charge in [0.1, 0.15) is 0 Å². The molecule has 1 saturated heterocycles. The van der Waals surface area contributed by atoms with Gasteiger partial charge in [0.2, 0.25) is 0 Å². The maximum absolute atomic E-state index is 12.3. The maximum atomic E-state index is 12.3. The van der Waals surface area contributed by atoms with Crippen LogP contribution in [0.1, 0.15) is 33.0 Å². The van der Waals surface area contributed by atoms with E-state index in [4.69, 9.17) is 0 Å². The molecule has 1 fully saturated rings. The molecule has 4 heteroatoms. The van der Waals surface area contributed by atoms with Crippen molar-refractivity contribution in [3.8, 4) is 0 Å². The Morgan fingerprint density at radius 3 is 2.82 bits per heavy atom. The highest BCUT2D eigenvalue weighted by Gasteiger charge is 2.22. The molecule has 0 radical (unpaired) electrons. The number of hydrogen-bond donors (Lipinski definition) is 1. The average Bonchev–Trinajstić information content (AvgIpc) is 2.95. The maximum Gasteiger partial charge on any atom is 0.261 e. The van der Waals surface area contributed by atoms with Crippen molar-refractivity contribution in [2.45, 2.75) is 32.4 Å². The van der Waals surface area contributed by atoms with E-state index in [0.29, 0.717) is 0 Å². The van der Waals surface area contributed by atoms with Crippen molar-refractivity contribution in [2.75, 3.05) is 13.1 Å². The summed E-state index contributed by atoms with van der Waals surface area (Å²) >= 11 is 1.56. The first-order valence-corrected chi connectivity index (χ1v) is 8.66. The fraction of sp³-hybridized carbons (Fsp3) is 0.389. The van der Waals surface area contributed by atoms with Crippen LogP contribution in [0.5, 0.6) is 0 Å². The van der Waals surface area contributed by atoms with Crippen LogP contribution in [0, 0.1) is 6.92 Å². The lowest BCUT2D eigenvalue weighted by molar-refractivity contribution is 0.0905. The molecule has 116 valence electrons. The molecular weight excluding hydrogens is 292 g/mol. The zero-order valence-electron chi connectivity index (χ0n) is 12.9. The van der Waals surface area contributed by atoms with Crippen LogP contribution in [-0.2, 0) is 6.54 Å². The molecule has 0 bridgehead atoms. The van der Waals surface area contributed by atoms with Gasteiger partial charge in [-0.05, 0) is 44.0 Å². The van der Waals surface area contributed by atoms with Crippen LogP contribution < -0.4 is 5.32 Å². The Hall–Kier alpha value is -1.65. The van der Waals surface area contributed by atoms with E-state index in [9.17, 15) is 4.79 Å². The minimum atomic E-state index is 0.0738. The number of amides is 1. The first-order chi connectivity index (χ1) is 10.7. The van der Waals surface area contributed by atoms with Crippen molar-refractivity contribution in [1.29, 1.82) is 0 Å². The van der Waals surface area contributed by atoms with Gasteiger partial charge in [0.25, 0.3) is 5.91 Å². The molecule has 1 aliphatic heterocycles. The number of carbonyl (C=O) groups excluding carboxylic acids is 1. The number of thiophene rings is 1. The Bertz CT molecular complexity index is 623. The largest absolute Gasteiger partial charge is 0.347 e. The molecule has 1 aromatic carbocycles. The molecule has 1 aliphatic rings. The molecule has 0 unspecified atom stereocenters. The molecule has 0 spiro atoms. The highest BCUT2D eigenvalue weighted by atomic mass is 32.1. The van der Waals surface area contributed by atoms with Crippen LogP contribution in [-0.4, -0.2) is 29.9 Å². The van der Waals surface area contributed by atoms with E-state index in [-0.39, 0.29) is 11.9 Å². The molecule has 1 amide bonds. The number of nitrogens with zero attached hydrogens (tertiary/aromatic N) is 1. The summed E-state index contributed by atoms with van der Waals surface area (Å²) in [6.45, 7) is 5.04. The lowest BCUT2D eigenvalue weighted by Gasteiger charge is -2.33. The number of piperidine rings is 1. The summed E-state index contributed by atoms with van der Waals surface area (Å²) < 4.78 is 0. The zero-order chi connectivity index (χ0) is 15.4. The molecule has 1 N–H and O–H groups in total. The Balaban J connectivity index is 1.55. The van der Waals surface area contributed by atoms with Crippen LogP contribution >= 0.6 is 11.3 Å². The Morgan fingerprint density at radius 1 is 1.27 bits per heavy atom. The zero-order valence-corrected chi connectivity index (χ0v) is 13.7. The number of likely N-dealkylation sites (tertiary alicyclic amines) is 1. The van der Waals surface area contributed by atoms with Gasteiger partial charge in [-0.3, -0.25) is 9.69 Å². The lowest BCUT2D eigenvalue weighted by Crippen LogP contribution is -2.47. The first-order valence-electron chi connectivity index (χ1n) is 7.84. The monoisotopic (exact) mass is 314 g/mol. The van der Waals surface area contributed by atoms with E-state index < -0.39 is 0 Å². The Morgan fingerprint density at radius 2 is 2.09 bits per heavy atom. The normalized spacial score (nSPS) is 19.0. The minimum absolute atomic E-state index is 0.0738. The second kappa shape index (κ2) is 7.07. The van der Waals surface area contributed by atoms with Crippen molar-refractivity contribution in [3.05, 3.63) is 57.8 Å². The van der Waals surface area contributed by atoms with Crippen molar-refractivity contribution in [3.63, 3.8) is 0 Å². The SMILES string of the molecule is Cc1ccc(C(=O)N[C@@H]2CCCN(Cc3ccccc3)C2)s1. The van der Waals surface area contributed by atoms with Crippen molar-refractivity contribution < 1.29 is 4.79 Å². The molecule has 2 aromatic rings. The van der Waals surface area contributed by atoms with Gasteiger partial charge in [0, 0.05) is 24.0 Å². The highest BCUT2D eigenvalue weighted by Crippen LogP contribution is 2.17. The number of aryl methyl sites for hydroxylation is 1.